The van der Waals surface area contributed by atoms with Gasteiger partial charge in [-0.15, -0.1) is 0 Å². The van der Waals surface area contributed by atoms with Crippen molar-refractivity contribution < 1.29 is 9.90 Å². The fourth-order valence-electron chi connectivity index (χ4n) is 2.26. The van der Waals surface area contributed by atoms with Crippen molar-refractivity contribution in [2.45, 2.75) is 46.1 Å². The normalized spacial score (nSPS) is 11.6. The van der Waals surface area contributed by atoms with Crippen LogP contribution in [0.25, 0.3) is 11.3 Å². The van der Waals surface area contributed by atoms with E-state index in [1.165, 1.54) is 5.56 Å². The van der Waals surface area contributed by atoms with Crippen LogP contribution in [0.2, 0.25) is 0 Å². The molecule has 0 spiro atoms. The highest BCUT2D eigenvalue weighted by Crippen LogP contribution is 2.27. The Morgan fingerprint density at radius 1 is 1.24 bits per heavy atom. The van der Waals surface area contributed by atoms with Gasteiger partial charge in [-0.05, 0) is 17.4 Å². The summed E-state index contributed by atoms with van der Waals surface area (Å²) in [7, 11) is 0. The molecule has 2 rings (SSSR count). The van der Waals surface area contributed by atoms with Gasteiger partial charge in [-0.3, -0.25) is 4.68 Å². The van der Waals surface area contributed by atoms with Crippen molar-refractivity contribution in [1.29, 1.82) is 0 Å². The molecule has 112 valence electrons. The van der Waals surface area contributed by atoms with Crippen LogP contribution in [0.1, 0.15) is 50.0 Å². The van der Waals surface area contributed by atoms with Gasteiger partial charge in [0.05, 0.1) is 0 Å². The highest BCUT2D eigenvalue weighted by molar-refractivity contribution is 5.94. The van der Waals surface area contributed by atoms with Gasteiger partial charge in [0.1, 0.15) is 11.3 Å². The summed E-state index contributed by atoms with van der Waals surface area (Å²) in [5.41, 5.74) is 2.94. The molecule has 4 heteroatoms. The molecule has 0 unspecified atom stereocenters. The molecule has 0 saturated heterocycles. The first-order valence-corrected chi connectivity index (χ1v) is 7.24. The number of benzene rings is 1. The summed E-state index contributed by atoms with van der Waals surface area (Å²) in [6, 6.07) is 7.98. The summed E-state index contributed by atoms with van der Waals surface area (Å²) in [6.45, 7) is 9.22. The monoisotopic (exact) mass is 286 g/mol. The highest BCUT2D eigenvalue weighted by Gasteiger charge is 2.18. The molecule has 0 saturated carbocycles. The van der Waals surface area contributed by atoms with Gasteiger partial charge in [0, 0.05) is 18.3 Å². The number of nitrogens with zero attached hydrogens (tertiary/aromatic N) is 2. The van der Waals surface area contributed by atoms with E-state index in [4.69, 9.17) is 0 Å². The van der Waals surface area contributed by atoms with Gasteiger partial charge in [-0.2, -0.15) is 5.10 Å². The first-order chi connectivity index (χ1) is 9.82. The molecule has 0 atom stereocenters. The summed E-state index contributed by atoms with van der Waals surface area (Å²) in [6.07, 6.45) is 2.53. The van der Waals surface area contributed by atoms with E-state index in [0.29, 0.717) is 5.69 Å². The van der Waals surface area contributed by atoms with E-state index < -0.39 is 5.97 Å². The molecule has 1 N–H and O–H groups in total. The van der Waals surface area contributed by atoms with E-state index in [2.05, 4.69) is 25.9 Å². The zero-order valence-electron chi connectivity index (χ0n) is 13.1. The molecule has 0 aliphatic rings. The number of aromatic carboxylic acids is 1. The molecule has 1 aromatic carbocycles. The Hall–Kier alpha value is -2.10. The molecule has 1 heterocycles. The summed E-state index contributed by atoms with van der Waals surface area (Å²) in [5, 5.41) is 13.8. The van der Waals surface area contributed by atoms with Crippen molar-refractivity contribution in [1.82, 2.24) is 9.78 Å². The number of carboxylic acids is 1. The molecule has 2 aromatic rings. The molecular weight excluding hydrogens is 264 g/mol. The van der Waals surface area contributed by atoms with E-state index >= 15 is 0 Å². The van der Waals surface area contributed by atoms with E-state index in [1.807, 2.05) is 31.2 Å². The van der Waals surface area contributed by atoms with Crippen LogP contribution in [0.15, 0.2) is 30.5 Å². The summed E-state index contributed by atoms with van der Waals surface area (Å²) >= 11 is 0. The van der Waals surface area contributed by atoms with Gasteiger partial charge >= 0.3 is 5.97 Å². The number of carboxylic acid groups (broad SMARTS) is 1. The van der Waals surface area contributed by atoms with Gasteiger partial charge in [0.15, 0.2) is 0 Å². The minimum atomic E-state index is -0.938. The first kappa shape index (κ1) is 15.3. The molecule has 0 amide bonds. The molecule has 0 bridgehead atoms. The lowest BCUT2D eigenvalue weighted by Crippen LogP contribution is -2.10. The zero-order chi connectivity index (χ0) is 15.6. The summed E-state index contributed by atoms with van der Waals surface area (Å²) < 4.78 is 1.70. The van der Waals surface area contributed by atoms with Gasteiger partial charge in [-0.25, -0.2) is 4.79 Å². The largest absolute Gasteiger partial charge is 0.478 e. The second-order valence-electron chi connectivity index (χ2n) is 6.29. The first-order valence-electron chi connectivity index (χ1n) is 7.24. The van der Waals surface area contributed by atoms with Gasteiger partial charge in [-0.1, -0.05) is 52.0 Å². The van der Waals surface area contributed by atoms with Crippen LogP contribution in [-0.4, -0.2) is 20.9 Å². The summed E-state index contributed by atoms with van der Waals surface area (Å²) in [5.74, 6) is -0.938. The molecule has 0 radical (unpaired) electrons. The Balaban J connectivity index is 2.43. The molecule has 4 nitrogen and oxygen atoms in total. The Morgan fingerprint density at radius 2 is 1.86 bits per heavy atom. The maximum atomic E-state index is 11.4. The quantitative estimate of drug-likeness (QED) is 0.925. The lowest BCUT2D eigenvalue weighted by atomic mass is 9.86. The number of carbonyl (C=O) groups is 1. The van der Waals surface area contributed by atoms with E-state index in [1.54, 1.807) is 10.9 Å². The Bertz CT molecular complexity index is 634. The Kier molecular flexibility index (Phi) is 4.16. The van der Waals surface area contributed by atoms with Crippen LogP contribution in [0.3, 0.4) is 0 Å². The number of hydrogen-bond donors (Lipinski definition) is 1. The number of aryl methyl sites for hydroxylation is 1. The predicted octanol–water partition coefficient (Wildman–Crippen LogP) is 3.96. The van der Waals surface area contributed by atoms with Crippen LogP contribution >= 0.6 is 0 Å². The van der Waals surface area contributed by atoms with Crippen LogP contribution in [-0.2, 0) is 12.0 Å². The van der Waals surface area contributed by atoms with E-state index in [9.17, 15) is 9.90 Å². The number of aromatic nitrogens is 2. The van der Waals surface area contributed by atoms with Crippen molar-refractivity contribution in [3.63, 3.8) is 0 Å². The van der Waals surface area contributed by atoms with Crippen LogP contribution in [0, 0.1) is 0 Å². The Labute approximate surface area is 125 Å². The smallest absolute Gasteiger partial charge is 0.339 e. The van der Waals surface area contributed by atoms with Gasteiger partial charge in [0.2, 0.25) is 0 Å². The fourth-order valence-corrected chi connectivity index (χ4v) is 2.26. The second-order valence-corrected chi connectivity index (χ2v) is 6.29. The average Bonchev–Trinajstić information content (AvgIpc) is 2.82. The molecule has 0 fully saturated rings. The molecular formula is C17H22N2O2. The van der Waals surface area contributed by atoms with E-state index in [-0.39, 0.29) is 11.0 Å². The van der Waals surface area contributed by atoms with Gasteiger partial charge in [0.25, 0.3) is 0 Å². The van der Waals surface area contributed by atoms with Crippen molar-refractivity contribution in [2.24, 2.45) is 0 Å². The molecule has 0 aliphatic carbocycles. The molecule has 21 heavy (non-hydrogen) atoms. The minimum Gasteiger partial charge on any atom is -0.478 e. The molecule has 0 aliphatic heterocycles. The zero-order valence-corrected chi connectivity index (χ0v) is 13.1. The second kappa shape index (κ2) is 5.72. The third kappa shape index (κ3) is 3.32. The standard InChI is InChI=1S/C17H22N2O2/c1-5-10-19-11-14(16(20)21)15(18-19)12-6-8-13(9-7-12)17(2,3)4/h6-9,11H,5,10H2,1-4H3,(H,20,21). The third-order valence-electron chi connectivity index (χ3n) is 3.47. The summed E-state index contributed by atoms with van der Waals surface area (Å²) in [4.78, 5) is 11.4. The Morgan fingerprint density at radius 3 is 2.33 bits per heavy atom. The molecule has 1 aromatic heterocycles. The fraction of sp³-hybridized carbons (Fsp3) is 0.412. The van der Waals surface area contributed by atoms with Crippen molar-refractivity contribution in [3.05, 3.63) is 41.6 Å². The highest BCUT2D eigenvalue weighted by atomic mass is 16.4. The van der Waals surface area contributed by atoms with Crippen molar-refractivity contribution >= 4 is 5.97 Å². The van der Waals surface area contributed by atoms with Crippen LogP contribution in [0.5, 0.6) is 0 Å². The maximum absolute atomic E-state index is 11.4. The van der Waals surface area contributed by atoms with Crippen molar-refractivity contribution in [2.75, 3.05) is 0 Å². The number of rotatable bonds is 4. The van der Waals surface area contributed by atoms with Crippen molar-refractivity contribution in [3.8, 4) is 11.3 Å². The number of hydrogen-bond acceptors (Lipinski definition) is 2. The van der Waals surface area contributed by atoms with E-state index in [0.717, 1.165) is 18.5 Å². The van der Waals surface area contributed by atoms with Crippen LogP contribution in [0.4, 0.5) is 0 Å². The SMILES string of the molecule is CCCn1cc(C(=O)O)c(-c2ccc(C(C)(C)C)cc2)n1. The van der Waals surface area contributed by atoms with Crippen LogP contribution < -0.4 is 0 Å². The minimum absolute atomic E-state index is 0.0791. The average molecular weight is 286 g/mol. The third-order valence-corrected chi connectivity index (χ3v) is 3.47. The lowest BCUT2D eigenvalue weighted by Gasteiger charge is -2.19. The topological polar surface area (TPSA) is 55.1 Å². The lowest BCUT2D eigenvalue weighted by molar-refractivity contribution is 0.0697. The van der Waals surface area contributed by atoms with Gasteiger partial charge < -0.3 is 5.11 Å². The predicted molar refractivity (Wildman–Crippen MR) is 83.6 cm³/mol. The maximum Gasteiger partial charge on any atom is 0.339 e.